The average molecular weight is 369 g/mol. The number of para-hydroxylation sites is 1. The molecule has 0 aliphatic heterocycles. The molecule has 2 amide bonds. The summed E-state index contributed by atoms with van der Waals surface area (Å²) >= 11 is 0. The number of hydrazine groups is 1. The van der Waals surface area contributed by atoms with E-state index in [1.165, 1.54) is 24.3 Å². The Morgan fingerprint density at radius 2 is 1.50 bits per heavy atom. The standard InChI is InChI=1S/C18H15N3O4S/c1-26(24,25)14-9-6-13(7-10-14)17(22)20-21-18(23)16-11-8-12-4-2-3-5-15(12)19-16/h2-11H,1H3,(H,20,22)(H,21,23). The fraction of sp³-hybridized carbons (Fsp3) is 0.0556. The summed E-state index contributed by atoms with van der Waals surface area (Å²) in [4.78, 5) is 28.5. The number of carbonyl (C=O) groups is 2. The van der Waals surface area contributed by atoms with Crippen LogP contribution in [-0.2, 0) is 9.84 Å². The van der Waals surface area contributed by atoms with Crippen LogP contribution in [0.3, 0.4) is 0 Å². The van der Waals surface area contributed by atoms with Crippen LogP contribution in [0.4, 0.5) is 0 Å². The molecule has 1 aromatic heterocycles. The van der Waals surface area contributed by atoms with Gasteiger partial charge in [0.15, 0.2) is 9.84 Å². The molecule has 0 aliphatic carbocycles. The SMILES string of the molecule is CS(=O)(=O)c1ccc(C(=O)NNC(=O)c2ccc3ccccc3n2)cc1. The predicted molar refractivity (Wildman–Crippen MR) is 96.2 cm³/mol. The summed E-state index contributed by atoms with van der Waals surface area (Å²) in [6.07, 6.45) is 1.08. The summed E-state index contributed by atoms with van der Waals surface area (Å²) in [6.45, 7) is 0. The third-order valence-electron chi connectivity index (χ3n) is 3.67. The van der Waals surface area contributed by atoms with E-state index < -0.39 is 21.7 Å². The molecule has 0 atom stereocenters. The monoisotopic (exact) mass is 369 g/mol. The molecule has 0 spiro atoms. The van der Waals surface area contributed by atoms with E-state index in [1.807, 2.05) is 18.2 Å². The summed E-state index contributed by atoms with van der Waals surface area (Å²) in [5.41, 5.74) is 5.61. The highest BCUT2D eigenvalue weighted by atomic mass is 32.2. The Hall–Kier alpha value is -3.26. The van der Waals surface area contributed by atoms with E-state index in [0.29, 0.717) is 5.52 Å². The van der Waals surface area contributed by atoms with Crippen molar-refractivity contribution in [1.82, 2.24) is 15.8 Å². The van der Waals surface area contributed by atoms with Crippen molar-refractivity contribution in [3.63, 3.8) is 0 Å². The highest BCUT2D eigenvalue weighted by Crippen LogP contribution is 2.12. The van der Waals surface area contributed by atoms with Crippen LogP contribution in [-0.4, -0.2) is 31.5 Å². The topological polar surface area (TPSA) is 105 Å². The number of benzene rings is 2. The van der Waals surface area contributed by atoms with Gasteiger partial charge in [0, 0.05) is 17.2 Å². The molecule has 3 rings (SSSR count). The molecule has 0 saturated heterocycles. The molecular weight excluding hydrogens is 354 g/mol. The van der Waals surface area contributed by atoms with Gasteiger partial charge >= 0.3 is 0 Å². The molecule has 8 heteroatoms. The fourth-order valence-electron chi connectivity index (χ4n) is 2.30. The van der Waals surface area contributed by atoms with Crippen LogP contribution in [0.1, 0.15) is 20.8 Å². The number of nitrogens with one attached hydrogen (secondary N) is 2. The lowest BCUT2D eigenvalue weighted by Gasteiger charge is -2.08. The first-order valence-electron chi connectivity index (χ1n) is 7.61. The number of fused-ring (bicyclic) bond motifs is 1. The number of sulfone groups is 1. The number of rotatable bonds is 3. The van der Waals surface area contributed by atoms with Gasteiger partial charge < -0.3 is 0 Å². The maximum atomic E-state index is 12.1. The maximum absolute atomic E-state index is 12.1. The predicted octanol–water partition coefficient (Wildman–Crippen LogP) is 1.71. The average Bonchev–Trinajstić information content (AvgIpc) is 2.64. The molecule has 2 N–H and O–H groups in total. The first-order chi connectivity index (χ1) is 12.3. The van der Waals surface area contributed by atoms with Gasteiger partial charge in [-0.25, -0.2) is 13.4 Å². The van der Waals surface area contributed by atoms with Crippen LogP contribution >= 0.6 is 0 Å². The normalized spacial score (nSPS) is 11.1. The molecule has 0 fully saturated rings. The summed E-state index contributed by atoms with van der Waals surface area (Å²) in [7, 11) is -3.33. The summed E-state index contributed by atoms with van der Waals surface area (Å²) in [5.74, 6) is -1.13. The van der Waals surface area contributed by atoms with Crippen molar-refractivity contribution in [2.75, 3.05) is 6.26 Å². The van der Waals surface area contributed by atoms with Gasteiger partial charge in [-0.05, 0) is 36.4 Å². The van der Waals surface area contributed by atoms with Crippen LogP contribution in [0.15, 0.2) is 65.6 Å². The van der Waals surface area contributed by atoms with Crippen LogP contribution < -0.4 is 10.9 Å². The third kappa shape index (κ3) is 3.86. The van der Waals surface area contributed by atoms with E-state index in [0.717, 1.165) is 11.6 Å². The van der Waals surface area contributed by atoms with Crippen molar-refractivity contribution >= 4 is 32.6 Å². The second kappa shape index (κ2) is 6.93. The molecule has 1 heterocycles. The van der Waals surface area contributed by atoms with Gasteiger partial charge in [0.2, 0.25) is 0 Å². The van der Waals surface area contributed by atoms with Gasteiger partial charge in [0.25, 0.3) is 11.8 Å². The quantitative estimate of drug-likeness (QED) is 0.684. The number of carbonyl (C=O) groups excluding carboxylic acids is 2. The molecule has 0 aliphatic rings. The highest BCUT2D eigenvalue weighted by Gasteiger charge is 2.12. The highest BCUT2D eigenvalue weighted by molar-refractivity contribution is 7.90. The van der Waals surface area contributed by atoms with Crippen LogP contribution in [0.2, 0.25) is 0 Å². The Morgan fingerprint density at radius 3 is 2.19 bits per heavy atom. The minimum Gasteiger partial charge on any atom is -0.267 e. The number of pyridine rings is 1. The van der Waals surface area contributed by atoms with E-state index in [2.05, 4.69) is 15.8 Å². The van der Waals surface area contributed by atoms with Gasteiger partial charge in [0.1, 0.15) is 5.69 Å². The molecule has 0 unspecified atom stereocenters. The van der Waals surface area contributed by atoms with Crippen LogP contribution in [0.25, 0.3) is 10.9 Å². The minimum absolute atomic E-state index is 0.110. The molecule has 0 radical (unpaired) electrons. The summed E-state index contributed by atoms with van der Waals surface area (Å²) in [5, 5.41) is 0.902. The first kappa shape index (κ1) is 17.6. The van der Waals surface area contributed by atoms with Crippen LogP contribution in [0.5, 0.6) is 0 Å². The van der Waals surface area contributed by atoms with Gasteiger partial charge in [-0.1, -0.05) is 24.3 Å². The fourth-order valence-corrected chi connectivity index (χ4v) is 2.93. The van der Waals surface area contributed by atoms with Crippen molar-refractivity contribution in [2.24, 2.45) is 0 Å². The molecule has 7 nitrogen and oxygen atoms in total. The molecule has 2 aromatic carbocycles. The zero-order chi connectivity index (χ0) is 18.7. The zero-order valence-corrected chi connectivity index (χ0v) is 14.6. The van der Waals surface area contributed by atoms with Gasteiger partial charge in [-0.15, -0.1) is 0 Å². The van der Waals surface area contributed by atoms with E-state index in [-0.39, 0.29) is 16.2 Å². The van der Waals surface area contributed by atoms with Crippen LogP contribution in [0, 0.1) is 0 Å². The molecular formula is C18H15N3O4S. The van der Waals surface area contributed by atoms with E-state index in [4.69, 9.17) is 0 Å². The van der Waals surface area contributed by atoms with Crippen molar-refractivity contribution in [1.29, 1.82) is 0 Å². The Kier molecular flexibility index (Phi) is 4.68. The molecule has 132 valence electrons. The molecule has 0 bridgehead atoms. The maximum Gasteiger partial charge on any atom is 0.288 e. The zero-order valence-electron chi connectivity index (χ0n) is 13.8. The van der Waals surface area contributed by atoms with Gasteiger partial charge in [-0.2, -0.15) is 0 Å². The van der Waals surface area contributed by atoms with E-state index in [1.54, 1.807) is 18.2 Å². The minimum atomic E-state index is -3.33. The Labute approximate surface area is 150 Å². The smallest absolute Gasteiger partial charge is 0.267 e. The Morgan fingerprint density at radius 1 is 0.846 bits per heavy atom. The molecule has 26 heavy (non-hydrogen) atoms. The second-order valence-corrected chi connectivity index (χ2v) is 7.61. The number of nitrogens with zero attached hydrogens (tertiary/aromatic N) is 1. The lowest BCUT2D eigenvalue weighted by Crippen LogP contribution is -2.41. The second-order valence-electron chi connectivity index (χ2n) is 5.59. The van der Waals surface area contributed by atoms with Crippen molar-refractivity contribution in [3.05, 3.63) is 71.9 Å². The molecule has 3 aromatic rings. The lowest BCUT2D eigenvalue weighted by atomic mass is 10.2. The lowest BCUT2D eigenvalue weighted by molar-refractivity contribution is 0.0844. The van der Waals surface area contributed by atoms with Crippen molar-refractivity contribution < 1.29 is 18.0 Å². The number of hydrogen-bond donors (Lipinski definition) is 2. The Balaban J connectivity index is 1.67. The number of amides is 2. The van der Waals surface area contributed by atoms with E-state index >= 15 is 0 Å². The van der Waals surface area contributed by atoms with E-state index in [9.17, 15) is 18.0 Å². The van der Waals surface area contributed by atoms with Gasteiger partial charge in [0.05, 0.1) is 10.4 Å². The number of aromatic nitrogens is 1. The van der Waals surface area contributed by atoms with Gasteiger partial charge in [-0.3, -0.25) is 20.4 Å². The first-order valence-corrected chi connectivity index (χ1v) is 9.50. The summed E-state index contributed by atoms with van der Waals surface area (Å²) < 4.78 is 22.8. The summed E-state index contributed by atoms with van der Waals surface area (Å²) in [6, 6.07) is 16.1. The number of hydrogen-bond acceptors (Lipinski definition) is 5. The Bertz CT molecular complexity index is 1090. The van der Waals surface area contributed by atoms with Crippen molar-refractivity contribution in [3.8, 4) is 0 Å². The van der Waals surface area contributed by atoms with Crippen molar-refractivity contribution in [2.45, 2.75) is 4.90 Å². The largest absolute Gasteiger partial charge is 0.288 e. The molecule has 0 saturated carbocycles. The third-order valence-corrected chi connectivity index (χ3v) is 4.79.